The van der Waals surface area contributed by atoms with Gasteiger partial charge in [-0.1, -0.05) is 0 Å². The largest absolute Gasteiger partial charge is 0.396 e. The Kier molecular flexibility index (Phi) is 1.23. The fraction of sp³-hybridized carbons (Fsp3) is 0.800. The fourth-order valence-corrected chi connectivity index (χ4v) is 0.164. The van der Waals surface area contributed by atoms with Crippen molar-refractivity contribution in [3.05, 3.63) is 0 Å². The van der Waals surface area contributed by atoms with Crippen molar-refractivity contribution in [3.8, 4) is 0 Å². The number of Topliss-reactive ketones (excluding diaryl/α,β-unsaturated/α-hetero) is 1. The molecule has 0 aliphatic carbocycles. The summed E-state index contributed by atoms with van der Waals surface area (Å²) in [4.78, 5) is 10.4. The van der Waals surface area contributed by atoms with Gasteiger partial charge < -0.3 is 9.90 Å². The van der Waals surface area contributed by atoms with Crippen molar-refractivity contribution in [2.75, 3.05) is 6.56 Å². The molecule has 0 aromatic rings. The van der Waals surface area contributed by atoms with Gasteiger partial charge in [-0.05, 0) is 13.3 Å². The van der Waals surface area contributed by atoms with Gasteiger partial charge >= 0.3 is 0 Å². The Balaban J connectivity index is 4.34. The lowest BCUT2D eigenvalue weighted by Gasteiger charge is -1.86. The third-order valence-electron chi connectivity index (χ3n) is 0.416. The number of hydrogen-bond donors (Lipinski definition) is 1. The molecule has 0 spiro atoms. The van der Waals surface area contributed by atoms with Gasteiger partial charge in [-0.3, -0.25) is 0 Å². The quantitative estimate of drug-likeness (QED) is 0.563. The van der Waals surface area contributed by atoms with Crippen molar-refractivity contribution >= 4 is 5.78 Å². The minimum atomic E-state index is -2.96. The van der Waals surface area contributed by atoms with Crippen LogP contribution in [0.3, 0.4) is 0 Å². The lowest BCUT2D eigenvalue weighted by molar-refractivity contribution is -0.117. The highest BCUT2D eigenvalue weighted by atomic mass is 16.3. The van der Waals surface area contributed by atoms with Crippen LogP contribution in [0.15, 0.2) is 0 Å². The second-order valence-corrected chi connectivity index (χ2v) is 1.17. The summed E-state index contributed by atoms with van der Waals surface area (Å²) < 4.78 is 27.1. The smallest absolute Gasteiger partial charge is 0.129 e. The molecule has 1 N–H and O–H groups in total. The topological polar surface area (TPSA) is 37.3 Å². The van der Waals surface area contributed by atoms with Crippen LogP contribution in [0.2, 0.25) is 0 Å². The molecule has 0 heterocycles. The minimum absolute atomic E-state index is 0.493. The zero-order valence-corrected chi connectivity index (χ0v) is 4.06. The van der Waals surface area contributed by atoms with Gasteiger partial charge in [-0.25, -0.2) is 0 Å². The first-order chi connectivity index (χ1) is 4.67. The maximum absolute atomic E-state index is 10.4. The van der Waals surface area contributed by atoms with E-state index in [1.807, 2.05) is 0 Å². The van der Waals surface area contributed by atoms with Crippen molar-refractivity contribution in [1.29, 1.82) is 0 Å². The minimum Gasteiger partial charge on any atom is -0.396 e. The third kappa shape index (κ3) is 5.63. The first kappa shape index (κ1) is 2.27. The number of carbonyl (C=O) groups excluding carboxylic acids is 1. The van der Waals surface area contributed by atoms with Gasteiger partial charge in [0.05, 0.1) is 2.74 Å². The maximum atomic E-state index is 10.4. The van der Waals surface area contributed by atoms with Gasteiger partial charge in [0.2, 0.25) is 0 Å². The Labute approximate surface area is 48.8 Å². The molecule has 2 heteroatoms. The van der Waals surface area contributed by atoms with E-state index >= 15 is 0 Å². The zero-order valence-electron chi connectivity index (χ0n) is 8.06. The molecule has 0 atom stereocenters. The van der Waals surface area contributed by atoms with E-state index in [0.29, 0.717) is 0 Å². The van der Waals surface area contributed by atoms with E-state index < -0.39 is 25.1 Å². The summed E-state index contributed by atoms with van der Waals surface area (Å²) >= 11 is 0. The number of hydrogen-bond acceptors (Lipinski definition) is 2. The second kappa shape index (κ2) is 3.81. The van der Waals surface area contributed by atoms with Crippen LogP contribution in [-0.4, -0.2) is 17.4 Å². The summed E-state index contributed by atoms with van der Waals surface area (Å²) in [6.07, 6.45) is -3.12. The highest BCUT2D eigenvalue weighted by molar-refractivity contribution is 5.75. The van der Waals surface area contributed by atoms with E-state index in [9.17, 15) is 4.79 Å². The second-order valence-electron chi connectivity index (χ2n) is 1.17. The summed E-state index contributed by atoms with van der Waals surface area (Å²) in [6.45, 7) is -1.82. The van der Waals surface area contributed by atoms with Crippen LogP contribution in [0.4, 0.5) is 0 Å². The molecule has 0 saturated heterocycles. The monoisotopic (exact) mass is 106 g/mol. The standard InChI is InChI=1S/C5H10O2/c1-5(7)3-2-4-6/h6H,2-4H2,1H3/i2D2,4D2. The molecule has 2 nitrogen and oxygen atoms in total. The first-order valence-electron chi connectivity index (χ1n) is 3.88. The van der Waals surface area contributed by atoms with Crippen molar-refractivity contribution in [2.24, 2.45) is 0 Å². The van der Waals surface area contributed by atoms with Gasteiger partial charge in [0.1, 0.15) is 5.78 Å². The maximum Gasteiger partial charge on any atom is 0.129 e. The highest BCUT2D eigenvalue weighted by Gasteiger charge is 1.88. The molecule has 42 valence electrons. The van der Waals surface area contributed by atoms with Gasteiger partial charge in [0.15, 0.2) is 0 Å². The summed E-state index contributed by atoms with van der Waals surface area (Å²) in [5.74, 6) is -0.493. The molecule has 0 unspecified atom stereocenters. The molecule has 0 aromatic heterocycles. The van der Waals surface area contributed by atoms with Crippen LogP contribution in [0.1, 0.15) is 25.2 Å². The molecule has 0 amide bonds. The molecular weight excluding hydrogens is 92.1 g/mol. The van der Waals surface area contributed by atoms with Crippen LogP contribution >= 0.6 is 0 Å². The van der Waals surface area contributed by atoms with E-state index in [2.05, 4.69) is 0 Å². The molecular formula is C5H10O2. The normalized spacial score (nSPS) is 21.4. The van der Waals surface area contributed by atoms with Gasteiger partial charge in [-0.2, -0.15) is 0 Å². The number of carbonyl (C=O) groups is 1. The Morgan fingerprint density at radius 2 is 2.57 bits per heavy atom. The van der Waals surface area contributed by atoms with E-state index in [1.165, 1.54) is 0 Å². The number of aliphatic hydroxyl groups is 1. The van der Waals surface area contributed by atoms with Crippen LogP contribution in [0.5, 0.6) is 0 Å². The molecule has 0 rings (SSSR count). The first-order valence-corrected chi connectivity index (χ1v) is 1.88. The Morgan fingerprint density at radius 1 is 2.00 bits per heavy atom. The average molecular weight is 106 g/mol. The van der Waals surface area contributed by atoms with Gasteiger partial charge in [-0.15, -0.1) is 0 Å². The van der Waals surface area contributed by atoms with Crippen molar-refractivity contribution in [3.63, 3.8) is 0 Å². The number of ketones is 1. The van der Waals surface area contributed by atoms with Crippen LogP contribution in [-0.2, 0) is 4.79 Å². The Morgan fingerprint density at radius 3 is 2.71 bits per heavy atom. The van der Waals surface area contributed by atoms with Crippen LogP contribution in [0, 0.1) is 0 Å². The van der Waals surface area contributed by atoms with Crippen molar-refractivity contribution < 1.29 is 15.4 Å². The Bertz CT molecular complexity index is 160. The molecule has 0 aliphatic rings. The van der Waals surface area contributed by atoms with E-state index in [4.69, 9.17) is 10.6 Å². The van der Waals surface area contributed by atoms with Crippen LogP contribution in [0.25, 0.3) is 0 Å². The molecule has 7 heavy (non-hydrogen) atoms. The summed E-state index contributed by atoms with van der Waals surface area (Å²) in [5.41, 5.74) is 0. The molecule has 0 fully saturated rings. The fourth-order valence-electron chi connectivity index (χ4n) is 0.164. The van der Waals surface area contributed by atoms with E-state index in [-0.39, 0.29) is 0 Å². The molecule has 0 radical (unpaired) electrons. The Hall–Kier alpha value is -0.370. The lowest BCUT2D eigenvalue weighted by Crippen LogP contribution is -1.91. The summed E-state index contributed by atoms with van der Waals surface area (Å²) in [5, 5.41) is 8.60. The molecule has 0 bridgehead atoms. The molecule has 0 saturated carbocycles. The van der Waals surface area contributed by atoms with Crippen molar-refractivity contribution in [1.82, 2.24) is 0 Å². The summed E-state index contributed by atoms with van der Waals surface area (Å²) in [6, 6.07) is 0. The van der Waals surface area contributed by atoms with Gasteiger partial charge in [0.25, 0.3) is 0 Å². The average Bonchev–Trinajstić information content (AvgIpc) is 1.56. The van der Waals surface area contributed by atoms with E-state index in [0.717, 1.165) is 6.92 Å². The molecule has 0 aromatic carbocycles. The predicted octanol–water partition coefficient (Wildman–Crippen LogP) is 0.348. The lowest BCUT2D eigenvalue weighted by atomic mass is 10.2. The summed E-state index contributed by atoms with van der Waals surface area (Å²) in [7, 11) is 0. The third-order valence-corrected chi connectivity index (χ3v) is 0.416. The zero-order chi connectivity index (χ0) is 9.28. The van der Waals surface area contributed by atoms with Crippen LogP contribution < -0.4 is 0 Å². The van der Waals surface area contributed by atoms with E-state index in [1.54, 1.807) is 0 Å². The van der Waals surface area contributed by atoms with Crippen molar-refractivity contribution in [2.45, 2.75) is 19.7 Å². The number of rotatable bonds is 3. The van der Waals surface area contributed by atoms with Gasteiger partial charge in [0, 0.05) is 15.7 Å². The SMILES string of the molecule is [2H]C([2H])(O)C([2H])([2H])CC(C)=O. The predicted molar refractivity (Wildman–Crippen MR) is 27.0 cm³/mol. The highest BCUT2D eigenvalue weighted by Crippen LogP contribution is 1.85. The molecule has 0 aliphatic heterocycles.